The van der Waals surface area contributed by atoms with Gasteiger partial charge in [-0.1, -0.05) is 11.6 Å². The first kappa shape index (κ1) is 7.71. The van der Waals surface area contributed by atoms with Gasteiger partial charge in [-0.2, -0.15) is 0 Å². The zero-order chi connectivity index (χ0) is 8.55. The molecule has 0 atom stereocenters. The van der Waals surface area contributed by atoms with Gasteiger partial charge in [0, 0.05) is 5.56 Å². The van der Waals surface area contributed by atoms with Crippen molar-refractivity contribution >= 4 is 39.4 Å². The smallest absolute Gasteiger partial charge is 0.151 e. The highest BCUT2D eigenvalue weighted by Gasteiger charge is 2.03. The number of thiazole rings is 1. The number of hydrogen-bond acceptors (Lipinski definition) is 3. The maximum Gasteiger partial charge on any atom is 0.151 e. The molecule has 0 aliphatic heterocycles. The minimum atomic E-state index is 0.488. The summed E-state index contributed by atoms with van der Waals surface area (Å²) in [6, 6.07) is 3.46. The van der Waals surface area contributed by atoms with Crippen LogP contribution < -0.4 is 0 Å². The minimum absolute atomic E-state index is 0.488. The Hall–Kier alpha value is -0.930. The lowest BCUT2D eigenvalue weighted by molar-refractivity contribution is 0.112. The van der Waals surface area contributed by atoms with E-state index >= 15 is 0 Å². The van der Waals surface area contributed by atoms with Crippen molar-refractivity contribution in [3.05, 3.63) is 28.2 Å². The van der Waals surface area contributed by atoms with E-state index in [1.54, 1.807) is 17.6 Å². The predicted octanol–water partition coefficient (Wildman–Crippen LogP) is 2.76. The van der Waals surface area contributed by atoms with Gasteiger partial charge >= 0.3 is 0 Å². The van der Waals surface area contributed by atoms with Crippen molar-refractivity contribution in [1.82, 2.24) is 4.98 Å². The van der Waals surface area contributed by atoms with Gasteiger partial charge in [0.05, 0.1) is 20.7 Å². The Morgan fingerprint density at radius 1 is 1.50 bits per heavy atom. The van der Waals surface area contributed by atoms with Crippen LogP contribution in [0.3, 0.4) is 0 Å². The Morgan fingerprint density at radius 3 is 3.08 bits per heavy atom. The van der Waals surface area contributed by atoms with Crippen LogP contribution >= 0.6 is 22.9 Å². The first-order valence-corrected chi connectivity index (χ1v) is 4.55. The molecule has 1 aromatic carbocycles. The van der Waals surface area contributed by atoms with Gasteiger partial charge in [-0.25, -0.2) is 4.98 Å². The van der Waals surface area contributed by atoms with Crippen LogP contribution in [0.5, 0.6) is 0 Å². The van der Waals surface area contributed by atoms with Crippen molar-refractivity contribution in [3.8, 4) is 0 Å². The molecule has 1 heterocycles. The number of carbonyl (C=O) groups is 1. The Kier molecular flexibility index (Phi) is 1.83. The highest BCUT2D eigenvalue weighted by atomic mass is 35.5. The van der Waals surface area contributed by atoms with Gasteiger partial charge in [0.15, 0.2) is 6.29 Å². The summed E-state index contributed by atoms with van der Waals surface area (Å²) in [7, 11) is 0. The highest BCUT2D eigenvalue weighted by molar-refractivity contribution is 7.16. The lowest BCUT2D eigenvalue weighted by atomic mass is 10.2. The fraction of sp³-hybridized carbons (Fsp3) is 0. The van der Waals surface area contributed by atoms with Crippen molar-refractivity contribution in [1.29, 1.82) is 0 Å². The lowest BCUT2D eigenvalue weighted by Gasteiger charge is -1.93. The number of halogens is 1. The summed E-state index contributed by atoms with van der Waals surface area (Å²) in [4.78, 5) is 14.6. The molecule has 0 aliphatic rings. The van der Waals surface area contributed by atoms with Crippen LogP contribution in [0.2, 0.25) is 5.02 Å². The topological polar surface area (TPSA) is 30.0 Å². The van der Waals surface area contributed by atoms with Gasteiger partial charge in [0.1, 0.15) is 0 Å². The molecule has 0 saturated heterocycles. The first-order valence-electron chi connectivity index (χ1n) is 3.29. The average Bonchev–Trinajstić information content (AvgIpc) is 2.49. The van der Waals surface area contributed by atoms with E-state index in [-0.39, 0.29) is 0 Å². The number of benzene rings is 1. The molecule has 0 radical (unpaired) electrons. The Balaban J connectivity index is 2.81. The molecule has 2 nitrogen and oxygen atoms in total. The molecule has 2 aromatic rings. The summed E-state index contributed by atoms with van der Waals surface area (Å²) in [5.74, 6) is 0. The second-order valence-corrected chi connectivity index (χ2v) is 3.61. The van der Waals surface area contributed by atoms with E-state index in [1.165, 1.54) is 11.3 Å². The molecule has 0 bridgehead atoms. The fourth-order valence-corrected chi connectivity index (χ4v) is 1.96. The zero-order valence-electron chi connectivity index (χ0n) is 5.95. The quantitative estimate of drug-likeness (QED) is 0.658. The van der Waals surface area contributed by atoms with Crippen molar-refractivity contribution < 1.29 is 4.79 Å². The number of hydrogen-bond donors (Lipinski definition) is 0. The molecule has 0 aliphatic carbocycles. The summed E-state index contributed by atoms with van der Waals surface area (Å²) >= 11 is 7.32. The highest BCUT2D eigenvalue weighted by Crippen LogP contribution is 2.24. The number of carbonyl (C=O) groups excluding carboxylic acids is 1. The van der Waals surface area contributed by atoms with E-state index in [1.807, 2.05) is 0 Å². The first-order chi connectivity index (χ1) is 5.81. The molecule has 0 amide bonds. The summed E-state index contributed by atoms with van der Waals surface area (Å²) in [5.41, 5.74) is 3.05. The molecule has 0 spiro atoms. The Morgan fingerprint density at radius 2 is 2.33 bits per heavy atom. The van der Waals surface area contributed by atoms with E-state index in [9.17, 15) is 4.79 Å². The van der Waals surface area contributed by atoms with Crippen LogP contribution in [0, 0.1) is 0 Å². The summed E-state index contributed by atoms with van der Waals surface area (Å²) in [6.45, 7) is 0. The Bertz CT molecular complexity index is 438. The standard InChI is InChI=1S/C8H4ClNOS/c9-6-2-8-7(10-4-12-8)1-5(6)3-11/h1-4H. The summed E-state index contributed by atoms with van der Waals surface area (Å²) in [5, 5.41) is 0.488. The average molecular weight is 198 g/mol. The minimum Gasteiger partial charge on any atom is -0.298 e. The van der Waals surface area contributed by atoms with Crippen molar-refractivity contribution in [2.75, 3.05) is 0 Å². The largest absolute Gasteiger partial charge is 0.298 e. The van der Waals surface area contributed by atoms with Gasteiger partial charge in [0.25, 0.3) is 0 Å². The van der Waals surface area contributed by atoms with Gasteiger partial charge in [-0.3, -0.25) is 4.79 Å². The van der Waals surface area contributed by atoms with Crippen LogP contribution in [-0.4, -0.2) is 11.3 Å². The Labute approximate surface area is 77.8 Å². The maximum atomic E-state index is 10.5. The monoisotopic (exact) mass is 197 g/mol. The van der Waals surface area contributed by atoms with Crippen molar-refractivity contribution in [3.63, 3.8) is 0 Å². The zero-order valence-corrected chi connectivity index (χ0v) is 7.52. The van der Waals surface area contributed by atoms with Gasteiger partial charge in [0.2, 0.25) is 0 Å². The fourth-order valence-electron chi connectivity index (χ4n) is 0.985. The molecular weight excluding hydrogens is 194 g/mol. The van der Waals surface area contributed by atoms with Gasteiger partial charge in [-0.15, -0.1) is 11.3 Å². The van der Waals surface area contributed by atoms with E-state index < -0.39 is 0 Å². The predicted molar refractivity (Wildman–Crippen MR) is 50.0 cm³/mol. The van der Waals surface area contributed by atoms with E-state index in [4.69, 9.17) is 11.6 Å². The molecule has 0 saturated carbocycles. The maximum absolute atomic E-state index is 10.5. The number of fused-ring (bicyclic) bond motifs is 1. The summed E-state index contributed by atoms with van der Waals surface area (Å²) < 4.78 is 1.01. The van der Waals surface area contributed by atoms with Crippen molar-refractivity contribution in [2.45, 2.75) is 0 Å². The van der Waals surface area contributed by atoms with Crippen molar-refractivity contribution in [2.24, 2.45) is 0 Å². The second kappa shape index (κ2) is 2.84. The molecule has 12 heavy (non-hydrogen) atoms. The van der Waals surface area contributed by atoms with E-state index in [2.05, 4.69) is 4.98 Å². The molecule has 2 rings (SSSR count). The number of aldehydes is 1. The molecule has 4 heteroatoms. The van der Waals surface area contributed by atoms with Crippen LogP contribution in [0.1, 0.15) is 10.4 Å². The molecule has 0 fully saturated rings. The van der Waals surface area contributed by atoms with Crippen LogP contribution in [0.4, 0.5) is 0 Å². The van der Waals surface area contributed by atoms with Crippen LogP contribution in [0.25, 0.3) is 10.2 Å². The molecule has 0 unspecified atom stereocenters. The molecular formula is C8H4ClNOS. The number of rotatable bonds is 1. The SMILES string of the molecule is O=Cc1cc2ncsc2cc1Cl. The van der Waals surface area contributed by atoms with E-state index in [0.717, 1.165) is 16.5 Å². The number of nitrogens with zero attached hydrogens (tertiary/aromatic N) is 1. The molecule has 60 valence electrons. The molecule has 0 N–H and O–H groups in total. The summed E-state index contributed by atoms with van der Waals surface area (Å²) in [6.07, 6.45) is 0.737. The van der Waals surface area contributed by atoms with E-state index in [0.29, 0.717) is 10.6 Å². The second-order valence-electron chi connectivity index (χ2n) is 2.31. The van der Waals surface area contributed by atoms with Gasteiger partial charge < -0.3 is 0 Å². The third-order valence-corrected chi connectivity index (χ3v) is 2.70. The normalized spacial score (nSPS) is 10.4. The van der Waals surface area contributed by atoms with Crippen LogP contribution in [0.15, 0.2) is 17.6 Å². The third kappa shape index (κ3) is 1.11. The van der Waals surface area contributed by atoms with Crippen LogP contribution in [-0.2, 0) is 0 Å². The third-order valence-electron chi connectivity index (χ3n) is 1.58. The van der Waals surface area contributed by atoms with Gasteiger partial charge in [-0.05, 0) is 12.1 Å². The lowest BCUT2D eigenvalue weighted by Crippen LogP contribution is -1.80. The number of aromatic nitrogens is 1. The molecule has 1 aromatic heterocycles.